The van der Waals surface area contributed by atoms with E-state index in [1.165, 1.54) is 0 Å². The molecule has 0 aliphatic heterocycles. The summed E-state index contributed by atoms with van der Waals surface area (Å²) in [5.74, 6) is -0.289. The van der Waals surface area contributed by atoms with Gasteiger partial charge in [-0.15, -0.1) is 0 Å². The lowest BCUT2D eigenvalue weighted by atomic mass is 10.3. The first-order valence-corrected chi connectivity index (χ1v) is 7.14. The number of carbonyl (C=O) groups excluding carboxylic acids is 1. The van der Waals surface area contributed by atoms with Crippen molar-refractivity contribution in [3.8, 4) is 0 Å². The van der Waals surface area contributed by atoms with Crippen LogP contribution in [0.2, 0.25) is 0 Å². The van der Waals surface area contributed by atoms with Crippen LogP contribution in [0.4, 0.5) is 0 Å². The molecule has 0 unspecified atom stereocenters. The normalized spacial score (nSPS) is 12.3. The SMILES string of the molecule is C=C(C)C(=O)OCC[N+](C)(C)CC[N+](C)(CC)CC. The Labute approximate surface area is 118 Å². The van der Waals surface area contributed by atoms with E-state index in [0.717, 1.165) is 41.7 Å². The topological polar surface area (TPSA) is 26.3 Å². The van der Waals surface area contributed by atoms with Crippen molar-refractivity contribution in [1.29, 1.82) is 0 Å². The molecule has 0 aliphatic carbocycles. The zero-order valence-electron chi connectivity index (χ0n) is 13.7. The summed E-state index contributed by atoms with van der Waals surface area (Å²) in [6, 6.07) is 0. The molecule has 0 aromatic heterocycles. The quantitative estimate of drug-likeness (QED) is 0.362. The van der Waals surface area contributed by atoms with Gasteiger partial charge in [0.2, 0.25) is 0 Å². The van der Waals surface area contributed by atoms with Crippen LogP contribution in [0.5, 0.6) is 0 Å². The van der Waals surface area contributed by atoms with Crippen LogP contribution in [0.1, 0.15) is 20.8 Å². The molecule has 0 aliphatic rings. The summed E-state index contributed by atoms with van der Waals surface area (Å²) in [7, 11) is 6.66. The van der Waals surface area contributed by atoms with E-state index in [-0.39, 0.29) is 5.97 Å². The number of nitrogens with zero attached hydrogens (tertiary/aromatic N) is 2. The van der Waals surface area contributed by atoms with E-state index in [1.807, 2.05) is 0 Å². The first-order valence-electron chi connectivity index (χ1n) is 7.14. The van der Waals surface area contributed by atoms with E-state index in [1.54, 1.807) is 6.92 Å². The molecule has 0 radical (unpaired) electrons. The number of hydrogen-bond acceptors (Lipinski definition) is 2. The van der Waals surface area contributed by atoms with Crippen LogP contribution in [0, 0.1) is 0 Å². The van der Waals surface area contributed by atoms with Crippen LogP contribution in [-0.2, 0) is 9.53 Å². The second-order valence-corrected chi connectivity index (χ2v) is 6.27. The molecule has 0 spiro atoms. The summed E-state index contributed by atoms with van der Waals surface area (Å²) < 4.78 is 7.13. The molecule has 4 nitrogen and oxygen atoms in total. The monoisotopic (exact) mass is 272 g/mol. The number of rotatable bonds is 9. The molecule has 0 saturated heterocycles. The third kappa shape index (κ3) is 7.33. The van der Waals surface area contributed by atoms with Crippen LogP contribution in [0.15, 0.2) is 12.2 Å². The second-order valence-electron chi connectivity index (χ2n) is 6.27. The number of esters is 1. The van der Waals surface area contributed by atoms with Gasteiger partial charge in [0.25, 0.3) is 0 Å². The van der Waals surface area contributed by atoms with E-state index in [0.29, 0.717) is 12.2 Å². The van der Waals surface area contributed by atoms with Crippen LogP contribution in [0.3, 0.4) is 0 Å². The predicted molar refractivity (Wildman–Crippen MR) is 79.7 cm³/mol. The van der Waals surface area contributed by atoms with E-state index >= 15 is 0 Å². The Morgan fingerprint density at radius 3 is 2.00 bits per heavy atom. The molecule has 0 amide bonds. The lowest BCUT2D eigenvalue weighted by Crippen LogP contribution is -2.53. The zero-order chi connectivity index (χ0) is 15.1. The van der Waals surface area contributed by atoms with E-state index in [4.69, 9.17) is 4.74 Å². The maximum Gasteiger partial charge on any atom is 0.333 e. The average Bonchev–Trinajstić information content (AvgIpc) is 2.35. The molecule has 0 bridgehead atoms. The average molecular weight is 272 g/mol. The van der Waals surface area contributed by atoms with Gasteiger partial charge >= 0.3 is 5.97 Å². The van der Waals surface area contributed by atoms with Crippen molar-refractivity contribution in [1.82, 2.24) is 0 Å². The fourth-order valence-corrected chi connectivity index (χ4v) is 1.67. The van der Waals surface area contributed by atoms with Gasteiger partial charge in [0, 0.05) is 5.57 Å². The number of quaternary nitrogens is 2. The molecular weight excluding hydrogens is 240 g/mol. The first-order chi connectivity index (χ1) is 8.66. The molecule has 0 rings (SSSR count). The molecule has 0 fully saturated rings. The maximum absolute atomic E-state index is 11.3. The lowest BCUT2D eigenvalue weighted by Gasteiger charge is -2.36. The number of likely N-dealkylation sites (N-methyl/N-ethyl adjacent to an activating group) is 2. The van der Waals surface area contributed by atoms with Gasteiger partial charge in [-0.2, -0.15) is 0 Å². The Kier molecular flexibility index (Phi) is 7.30. The van der Waals surface area contributed by atoms with Gasteiger partial charge < -0.3 is 13.7 Å². The van der Waals surface area contributed by atoms with Gasteiger partial charge in [-0.3, -0.25) is 0 Å². The molecular formula is C15H32N2O2+2. The summed E-state index contributed by atoms with van der Waals surface area (Å²) >= 11 is 0. The van der Waals surface area contributed by atoms with Gasteiger partial charge in [-0.05, 0) is 20.8 Å². The predicted octanol–water partition coefficient (Wildman–Crippen LogP) is 1.67. The van der Waals surface area contributed by atoms with Crippen LogP contribution >= 0.6 is 0 Å². The third-order valence-electron chi connectivity index (χ3n) is 4.05. The minimum Gasteiger partial charge on any atom is -0.456 e. The second kappa shape index (κ2) is 7.65. The third-order valence-corrected chi connectivity index (χ3v) is 4.05. The number of carbonyl (C=O) groups is 1. The highest BCUT2D eigenvalue weighted by Gasteiger charge is 2.23. The van der Waals surface area contributed by atoms with Crippen molar-refractivity contribution in [2.45, 2.75) is 20.8 Å². The molecule has 19 heavy (non-hydrogen) atoms. The molecule has 0 heterocycles. The first kappa shape index (κ1) is 18.1. The van der Waals surface area contributed by atoms with E-state index in [9.17, 15) is 4.79 Å². The highest BCUT2D eigenvalue weighted by molar-refractivity contribution is 5.86. The van der Waals surface area contributed by atoms with Crippen molar-refractivity contribution >= 4 is 5.97 Å². The Morgan fingerprint density at radius 2 is 1.58 bits per heavy atom. The molecule has 0 aromatic carbocycles. The molecule has 112 valence electrons. The standard InChI is InChI=1S/C15H32N2O2/c1-8-17(7,9-2)11-10-16(5,6)12-13-19-15(18)14(3)4/h3,8-13H2,1-2,4-7H3/q+2. The summed E-state index contributed by atoms with van der Waals surface area (Å²) in [5.41, 5.74) is 0.464. The van der Waals surface area contributed by atoms with Gasteiger partial charge in [0.15, 0.2) is 0 Å². The Balaban J connectivity index is 4.12. The van der Waals surface area contributed by atoms with Gasteiger partial charge in [-0.25, -0.2) is 4.79 Å². The molecule has 0 aromatic rings. The largest absolute Gasteiger partial charge is 0.456 e. The van der Waals surface area contributed by atoms with Gasteiger partial charge in [0.05, 0.1) is 34.2 Å². The Morgan fingerprint density at radius 1 is 1.05 bits per heavy atom. The Hall–Kier alpha value is -0.870. The summed E-state index contributed by atoms with van der Waals surface area (Å²) in [4.78, 5) is 11.3. The van der Waals surface area contributed by atoms with Crippen molar-refractivity contribution in [2.24, 2.45) is 0 Å². The fraction of sp³-hybridized carbons (Fsp3) is 0.800. The molecule has 0 N–H and O–H groups in total. The number of hydrogen-bond donors (Lipinski definition) is 0. The van der Waals surface area contributed by atoms with Crippen molar-refractivity contribution in [2.75, 3.05) is 60.5 Å². The van der Waals surface area contributed by atoms with Gasteiger partial charge in [0.1, 0.15) is 26.2 Å². The summed E-state index contributed by atoms with van der Waals surface area (Å²) in [5, 5.41) is 0. The molecule has 4 heteroatoms. The minimum atomic E-state index is -0.289. The molecule has 0 atom stereocenters. The van der Waals surface area contributed by atoms with Crippen LogP contribution in [0.25, 0.3) is 0 Å². The highest BCUT2D eigenvalue weighted by Crippen LogP contribution is 2.05. The minimum absolute atomic E-state index is 0.289. The summed E-state index contributed by atoms with van der Waals surface area (Å²) in [6.07, 6.45) is 0. The van der Waals surface area contributed by atoms with Crippen molar-refractivity contribution in [3.63, 3.8) is 0 Å². The maximum atomic E-state index is 11.3. The zero-order valence-corrected chi connectivity index (χ0v) is 13.7. The highest BCUT2D eigenvalue weighted by atomic mass is 16.5. The fourth-order valence-electron chi connectivity index (χ4n) is 1.67. The van der Waals surface area contributed by atoms with Gasteiger partial charge in [-0.1, -0.05) is 6.58 Å². The van der Waals surface area contributed by atoms with Crippen LogP contribution < -0.4 is 0 Å². The van der Waals surface area contributed by atoms with Crippen LogP contribution in [-0.4, -0.2) is 75.4 Å². The Bertz CT molecular complexity index is 307. The van der Waals surface area contributed by atoms with E-state index < -0.39 is 0 Å². The summed E-state index contributed by atoms with van der Waals surface area (Å²) in [6.45, 7) is 15.6. The number of ether oxygens (including phenoxy) is 1. The smallest absolute Gasteiger partial charge is 0.333 e. The van der Waals surface area contributed by atoms with Crippen molar-refractivity contribution < 1.29 is 18.5 Å². The lowest BCUT2D eigenvalue weighted by molar-refractivity contribution is -0.953. The molecule has 0 saturated carbocycles. The van der Waals surface area contributed by atoms with Crippen molar-refractivity contribution in [3.05, 3.63) is 12.2 Å². The van der Waals surface area contributed by atoms with E-state index in [2.05, 4.69) is 41.6 Å².